The molecule has 0 aromatic heterocycles. The molecule has 1 N–H and O–H groups in total. The van der Waals surface area contributed by atoms with Gasteiger partial charge in [0.05, 0.1) is 18.1 Å². The lowest BCUT2D eigenvalue weighted by atomic mass is 9.65. The van der Waals surface area contributed by atoms with Crippen molar-refractivity contribution in [1.29, 1.82) is 0 Å². The Hall–Kier alpha value is -1.88. The standard InChI is InChI=1S/C21H28N2O3/c1-26-14-13-23-20(25)17-8-4-3-7-16(17)18(19(24)22-15-9-10-15)21(23)11-5-2-6-12-21/h3-4,7-8,15,18H,2,5-6,9-14H2,1H3,(H,22,24)/t18-/m1/s1. The first kappa shape index (κ1) is 17.5. The molecule has 1 spiro atoms. The molecule has 140 valence electrons. The minimum atomic E-state index is -0.415. The molecule has 0 unspecified atom stereocenters. The lowest BCUT2D eigenvalue weighted by Gasteiger charge is -2.53. The highest BCUT2D eigenvalue weighted by Crippen LogP contribution is 2.49. The van der Waals surface area contributed by atoms with Crippen LogP contribution in [-0.4, -0.2) is 48.6 Å². The Bertz CT molecular complexity index is 692. The van der Waals surface area contributed by atoms with Crippen LogP contribution < -0.4 is 5.32 Å². The van der Waals surface area contributed by atoms with Gasteiger partial charge < -0.3 is 15.0 Å². The molecule has 0 bridgehead atoms. The zero-order valence-corrected chi connectivity index (χ0v) is 15.5. The summed E-state index contributed by atoms with van der Waals surface area (Å²) in [4.78, 5) is 28.6. The Morgan fingerprint density at radius 3 is 2.65 bits per heavy atom. The molecule has 0 saturated heterocycles. The van der Waals surface area contributed by atoms with Gasteiger partial charge in [-0.3, -0.25) is 9.59 Å². The molecule has 2 amide bonds. The van der Waals surface area contributed by atoms with Crippen molar-refractivity contribution in [3.05, 3.63) is 35.4 Å². The van der Waals surface area contributed by atoms with E-state index in [9.17, 15) is 9.59 Å². The van der Waals surface area contributed by atoms with Crippen LogP contribution in [0.2, 0.25) is 0 Å². The number of carbonyl (C=O) groups excluding carboxylic acids is 2. The van der Waals surface area contributed by atoms with E-state index < -0.39 is 5.54 Å². The maximum absolute atomic E-state index is 13.3. The van der Waals surface area contributed by atoms with Crippen LogP contribution in [0.15, 0.2) is 24.3 Å². The van der Waals surface area contributed by atoms with Crippen molar-refractivity contribution in [2.45, 2.75) is 62.4 Å². The summed E-state index contributed by atoms with van der Waals surface area (Å²) in [5, 5.41) is 3.22. The molecular weight excluding hydrogens is 328 g/mol. The number of hydrogen-bond acceptors (Lipinski definition) is 3. The van der Waals surface area contributed by atoms with Crippen molar-refractivity contribution < 1.29 is 14.3 Å². The first-order valence-electron chi connectivity index (χ1n) is 9.87. The van der Waals surface area contributed by atoms with Gasteiger partial charge in [-0.25, -0.2) is 0 Å². The number of fused-ring (bicyclic) bond motifs is 1. The number of methoxy groups -OCH3 is 1. The fourth-order valence-electron chi connectivity index (χ4n) is 4.86. The summed E-state index contributed by atoms with van der Waals surface area (Å²) in [7, 11) is 1.66. The number of nitrogens with one attached hydrogen (secondary N) is 1. The number of carbonyl (C=O) groups is 2. The summed E-state index contributed by atoms with van der Waals surface area (Å²) in [6.07, 6.45) is 7.21. The normalized spacial score (nSPS) is 24.4. The van der Waals surface area contributed by atoms with Gasteiger partial charge in [0.1, 0.15) is 0 Å². The first-order chi connectivity index (χ1) is 12.7. The van der Waals surface area contributed by atoms with Crippen molar-refractivity contribution in [1.82, 2.24) is 10.2 Å². The van der Waals surface area contributed by atoms with E-state index in [1.807, 2.05) is 29.2 Å². The smallest absolute Gasteiger partial charge is 0.254 e. The van der Waals surface area contributed by atoms with E-state index in [0.29, 0.717) is 24.8 Å². The van der Waals surface area contributed by atoms with E-state index in [1.54, 1.807) is 7.11 Å². The van der Waals surface area contributed by atoms with Gasteiger partial charge in [0.15, 0.2) is 0 Å². The minimum Gasteiger partial charge on any atom is -0.383 e. The van der Waals surface area contributed by atoms with Crippen LogP contribution in [-0.2, 0) is 9.53 Å². The maximum atomic E-state index is 13.3. The van der Waals surface area contributed by atoms with Crippen LogP contribution in [0.4, 0.5) is 0 Å². The lowest BCUT2D eigenvalue weighted by Crippen LogP contribution is -2.63. The van der Waals surface area contributed by atoms with Gasteiger partial charge in [0.25, 0.3) is 5.91 Å². The molecule has 1 heterocycles. The summed E-state index contributed by atoms with van der Waals surface area (Å²) in [6, 6.07) is 8.00. The Morgan fingerprint density at radius 1 is 1.23 bits per heavy atom. The van der Waals surface area contributed by atoms with E-state index in [1.165, 1.54) is 6.42 Å². The van der Waals surface area contributed by atoms with Crippen LogP contribution in [0, 0.1) is 0 Å². The number of nitrogens with zero attached hydrogens (tertiary/aromatic N) is 1. The van der Waals surface area contributed by atoms with Gasteiger partial charge in [0, 0.05) is 25.3 Å². The number of rotatable bonds is 5. The second kappa shape index (κ2) is 7.03. The van der Waals surface area contributed by atoms with E-state index in [2.05, 4.69) is 5.32 Å². The summed E-state index contributed by atoms with van der Waals surface area (Å²) in [5.41, 5.74) is 1.17. The molecule has 2 saturated carbocycles. The van der Waals surface area contributed by atoms with Crippen LogP contribution in [0.1, 0.15) is 66.8 Å². The van der Waals surface area contributed by atoms with Crippen LogP contribution in [0.5, 0.6) is 0 Å². The molecule has 1 aromatic carbocycles. The SMILES string of the molecule is COCCN1C(=O)c2ccccc2[C@H](C(=O)NC2CC2)C12CCCCC2. The van der Waals surface area contributed by atoms with E-state index in [4.69, 9.17) is 4.74 Å². The van der Waals surface area contributed by atoms with E-state index >= 15 is 0 Å². The van der Waals surface area contributed by atoms with Gasteiger partial charge in [-0.1, -0.05) is 37.5 Å². The molecule has 1 aromatic rings. The largest absolute Gasteiger partial charge is 0.383 e. The number of amides is 2. The van der Waals surface area contributed by atoms with Crippen LogP contribution in [0.3, 0.4) is 0 Å². The van der Waals surface area contributed by atoms with Crippen LogP contribution in [0.25, 0.3) is 0 Å². The van der Waals surface area contributed by atoms with Crippen molar-refractivity contribution in [2.24, 2.45) is 0 Å². The summed E-state index contributed by atoms with van der Waals surface area (Å²) in [5.74, 6) is -0.138. The highest BCUT2D eigenvalue weighted by atomic mass is 16.5. The van der Waals surface area contributed by atoms with Crippen molar-refractivity contribution in [2.75, 3.05) is 20.3 Å². The van der Waals surface area contributed by atoms with Gasteiger partial charge >= 0.3 is 0 Å². The molecule has 3 aliphatic rings. The molecule has 4 rings (SSSR count). The average Bonchev–Trinajstić information content (AvgIpc) is 3.46. The lowest BCUT2D eigenvalue weighted by molar-refractivity contribution is -0.127. The molecule has 26 heavy (non-hydrogen) atoms. The first-order valence-corrected chi connectivity index (χ1v) is 9.87. The topological polar surface area (TPSA) is 58.6 Å². The molecule has 1 aliphatic heterocycles. The maximum Gasteiger partial charge on any atom is 0.254 e. The molecule has 2 aliphatic carbocycles. The monoisotopic (exact) mass is 356 g/mol. The molecule has 0 radical (unpaired) electrons. The third-order valence-corrected chi connectivity index (χ3v) is 6.25. The van der Waals surface area contributed by atoms with Gasteiger partial charge in [-0.2, -0.15) is 0 Å². The Balaban J connectivity index is 1.80. The number of benzene rings is 1. The molecule has 5 heteroatoms. The average molecular weight is 356 g/mol. The zero-order chi connectivity index (χ0) is 18.1. The second-order valence-electron chi connectivity index (χ2n) is 7.92. The highest BCUT2D eigenvalue weighted by Gasteiger charge is 2.54. The molecular formula is C21H28N2O3. The predicted octanol–water partition coefficient (Wildman–Crippen LogP) is 2.85. The van der Waals surface area contributed by atoms with Gasteiger partial charge in [-0.15, -0.1) is 0 Å². The third-order valence-electron chi connectivity index (χ3n) is 6.25. The third kappa shape index (κ3) is 2.92. The van der Waals surface area contributed by atoms with Crippen molar-refractivity contribution in [3.63, 3.8) is 0 Å². The van der Waals surface area contributed by atoms with Crippen molar-refractivity contribution in [3.8, 4) is 0 Å². The minimum absolute atomic E-state index is 0.0509. The number of hydrogen-bond donors (Lipinski definition) is 1. The van der Waals surface area contributed by atoms with E-state index in [0.717, 1.165) is 44.1 Å². The fraction of sp³-hybridized carbons (Fsp3) is 0.619. The zero-order valence-electron chi connectivity index (χ0n) is 15.5. The fourth-order valence-corrected chi connectivity index (χ4v) is 4.86. The van der Waals surface area contributed by atoms with E-state index in [-0.39, 0.29) is 17.7 Å². The molecule has 2 fully saturated rings. The predicted molar refractivity (Wildman–Crippen MR) is 99.1 cm³/mol. The van der Waals surface area contributed by atoms with Crippen molar-refractivity contribution >= 4 is 11.8 Å². The van der Waals surface area contributed by atoms with Crippen LogP contribution >= 0.6 is 0 Å². The summed E-state index contributed by atoms with van der Waals surface area (Å²) >= 11 is 0. The second-order valence-corrected chi connectivity index (χ2v) is 7.92. The molecule has 1 atom stereocenters. The Morgan fingerprint density at radius 2 is 1.96 bits per heavy atom. The Kier molecular flexibility index (Phi) is 4.74. The van der Waals surface area contributed by atoms with Gasteiger partial charge in [0.2, 0.25) is 5.91 Å². The Labute approximate surface area is 155 Å². The summed E-state index contributed by atoms with van der Waals surface area (Å²) < 4.78 is 5.29. The van der Waals surface area contributed by atoms with Gasteiger partial charge in [-0.05, 0) is 37.3 Å². The highest BCUT2D eigenvalue weighted by molar-refractivity contribution is 6.02. The quantitative estimate of drug-likeness (QED) is 0.883. The summed E-state index contributed by atoms with van der Waals surface area (Å²) in [6.45, 7) is 1.03. The molecule has 5 nitrogen and oxygen atoms in total. The number of ether oxygens (including phenoxy) is 1.